The fourth-order valence-electron chi connectivity index (χ4n) is 5.18. The summed E-state index contributed by atoms with van der Waals surface area (Å²) in [6.07, 6.45) is 2.23. The van der Waals surface area contributed by atoms with Gasteiger partial charge in [0.2, 0.25) is 0 Å². The summed E-state index contributed by atoms with van der Waals surface area (Å²) in [5, 5.41) is 15.0. The second-order valence-corrected chi connectivity index (χ2v) is 10.2. The largest absolute Gasteiger partial charge is 0.382 e. The van der Waals surface area contributed by atoms with Crippen LogP contribution in [-0.2, 0) is 6.54 Å². The predicted molar refractivity (Wildman–Crippen MR) is 154 cm³/mol. The average molecular weight is 523 g/mol. The number of halogens is 1. The van der Waals surface area contributed by atoms with Crippen LogP contribution >= 0.6 is 0 Å². The van der Waals surface area contributed by atoms with E-state index in [1.54, 1.807) is 12.1 Å². The van der Waals surface area contributed by atoms with E-state index in [1.165, 1.54) is 12.1 Å². The molecule has 0 spiro atoms. The van der Waals surface area contributed by atoms with Crippen LogP contribution in [0.3, 0.4) is 0 Å². The van der Waals surface area contributed by atoms with E-state index in [0.717, 1.165) is 53.8 Å². The lowest BCUT2D eigenvalue weighted by atomic mass is 10.0. The molecule has 2 aromatic heterocycles. The van der Waals surface area contributed by atoms with Crippen molar-refractivity contribution in [2.24, 2.45) is 0 Å². The number of anilines is 2. The number of amides is 1. The molecule has 1 saturated heterocycles. The molecule has 7 nitrogen and oxygen atoms in total. The van der Waals surface area contributed by atoms with Crippen molar-refractivity contribution in [3.63, 3.8) is 0 Å². The van der Waals surface area contributed by atoms with E-state index >= 15 is 0 Å². The SMILES string of the molecule is CN1CCC(Nc2ccc(C(=O)Nc3cc(-c4cc5ccccc5n4Cc4ccc(F)cc4)n[nH]3)cc2)CC1. The molecule has 6 rings (SSSR count). The summed E-state index contributed by atoms with van der Waals surface area (Å²) in [7, 11) is 2.15. The Balaban J connectivity index is 1.17. The van der Waals surface area contributed by atoms with Crippen molar-refractivity contribution in [1.29, 1.82) is 0 Å². The third kappa shape index (κ3) is 5.56. The van der Waals surface area contributed by atoms with Gasteiger partial charge in [0, 0.05) is 40.8 Å². The quantitative estimate of drug-likeness (QED) is 0.246. The zero-order valence-corrected chi connectivity index (χ0v) is 21.8. The molecule has 0 bridgehead atoms. The van der Waals surface area contributed by atoms with Gasteiger partial charge in [-0.15, -0.1) is 0 Å². The van der Waals surface area contributed by atoms with Gasteiger partial charge < -0.3 is 20.1 Å². The number of H-pyrrole nitrogens is 1. The molecule has 0 unspecified atom stereocenters. The van der Waals surface area contributed by atoms with E-state index in [1.807, 2.05) is 42.5 Å². The summed E-state index contributed by atoms with van der Waals surface area (Å²) in [4.78, 5) is 15.3. The van der Waals surface area contributed by atoms with Crippen molar-refractivity contribution in [3.05, 3.63) is 102 Å². The molecule has 3 aromatic carbocycles. The number of hydrogen-bond donors (Lipinski definition) is 3. The molecular weight excluding hydrogens is 491 g/mol. The van der Waals surface area contributed by atoms with E-state index in [-0.39, 0.29) is 11.7 Å². The van der Waals surface area contributed by atoms with E-state index in [4.69, 9.17) is 0 Å². The van der Waals surface area contributed by atoms with Crippen molar-refractivity contribution in [1.82, 2.24) is 19.7 Å². The molecule has 1 fully saturated rings. The number of piperidine rings is 1. The van der Waals surface area contributed by atoms with Gasteiger partial charge in [-0.25, -0.2) is 4.39 Å². The number of carbonyl (C=O) groups excluding carboxylic acids is 1. The molecule has 1 aliphatic heterocycles. The zero-order chi connectivity index (χ0) is 26.8. The standard InChI is InChI=1S/C31H31FN6O/c1-37-16-14-26(15-17-37)33-25-12-8-22(9-13-25)31(39)34-30-19-27(35-36-30)29-18-23-4-2-3-5-28(23)38(29)20-21-6-10-24(32)11-7-21/h2-13,18-19,26,33H,14-17,20H2,1H3,(H2,34,35,36,39). The number of likely N-dealkylation sites (tertiary alicyclic amines) is 1. The second-order valence-electron chi connectivity index (χ2n) is 10.2. The lowest BCUT2D eigenvalue weighted by Gasteiger charge is -2.30. The Morgan fingerprint density at radius 1 is 1.00 bits per heavy atom. The van der Waals surface area contributed by atoms with Crippen molar-refractivity contribution < 1.29 is 9.18 Å². The molecule has 198 valence electrons. The lowest BCUT2D eigenvalue weighted by molar-refractivity contribution is 0.102. The minimum atomic E-state index is -0.257. The highest BCUT2D eigenvalue weighted by Gasteiger charge is 2.17. The number of nitrogens with zero attached hydrogens (tertiary/aromatic N) is 3. The van der Waals surface area contributed by atoms with Gasteiger partial charge in [-0.2, -0.15) is 5.10 Å². The molecular formula is C31H31FN6O. The maximum Gasteiger partial charge on any atom is 0.256 e. The maximum absolute atomic E-state index is 13.5. The minimum absolute atomic E-state index is 0.206. The van der Waals surface area contributed by atoms with Crippen LogP contribution in [0.25, 0.3) is 22.3 Å². The van der Waals surface area contributed by atoms with Gasteiger partial charge >= 0.3 is 0 Å². The highest BCUT2D eigenvalue weighted by atomic mass is 19.1. The number of benzene rings is 3. The van der Waals surface area contributed by atoms with Crippen LogP contribution in [0, 0.1) is 5.82 Å². The monoisotopic (exact) mass is 522 g/mol. The topological polar surface area (TPSA) is 78.0 Å². The predicted octanol–water partition coefficient (Wildman–Crippen LogP) is 5.98. The maximum atomic E-state index is 13.5. The Bertz CT molecular complexity index is 1580. The van der Waals surface area contributed by atoms with Gasteiger partial charge in [0.15, 0.2) is 0 Å². The van der Waals surface area contributed by atoms with Crippen molar-refractivity contribution in [2.75, 3.05) is 30.8 Å². The first kappa shape index (κ1) is 24.9. The van der Waals surface area contributed by atoms with Gasteiger partial charge in [0.05, 0.1) is 5.69 Å². The summed E-state index contributed by atoms with van der Waals surface area (Å²) in [6.45, 7) is 2.75. The first-order valence-corrected chi connectivity index (χ1v) is 13.3. The van der Waals surface area contributed by atoms with Crippen LogP contribution in [0.5, 0.6) is 0 Å². The molecule has 5 aromatic rings. The second kappa shape index (κ2) is 10.7. The Kier molecular flexibility index (Phi) is 6.85. The average Bonchev–Trinajstić information content (AvgIpc) is 3.56. The number of carbonyl (C=O) groups is 1. The number of nitrogens with one attached hydrogen (secondary N) is 3. The smallest absolute Gasteiger partial charge is 0.256 e. The summed E-state index contributed by atoms with van der Waals surface area (Å²) >= 11 is 0. The molecule has 0 atom stereocenters. The summed E-state index contributed by atoms with van der Waals surface area (Å²) < 4.78 is 15.6. The highest BCUT2D eigenvalue weighted by Crippen LogP contribution is 2.29. The molecule has 0 aliphatic carbocycles. The number of aromatic amines is 1. The van der Waals surface area contributed by atoms with Crippen LogP contribution < -0.4 is 10.6 Å². The normalized spacial score (nSPS) is 14.5. The molecule has 39 heavy (non-hydrogen) atoms. The number of hydrogen-bond acceptors (Lipinski definition) is 4. The molecule has 8 heteroatoms. The Morgan fingerprint density at radius 2 is 1.74 bits per heavy atom. The molecule has 3 heterocycles. The fourth-order valence-corrected chi connectivity index (χ4v) is 5.18. The number of aromatic nitrogens is 3. The molecule has 3 N–H and O–H groups in total. The van der Waals surface area contributed by atoms with E-state index in [0.29, 0.717) is 29.7 Å². The Morgan fingerprint density at radius 3 is 2.51 bits per heavy atom. The van der Waals surface area contributed by atoms with Gasteiger partial charge in [-0.05, 0) is 87.1 Å². The van der Waals surface area contributed by atoms with Gasteiger partial charge in [0.1, 0.15) is 17.3 Å². The van der Waals surface area contributed by atoms with Crippen molar-refractivity contribution in [2.45, 2.75) is 25.4 Å². The minimum Gasteiger partial charge on any atom is -0.382 e. The Hall–Kier alpha value is -4.43. The van der Waals surface area contributed by atoms with Crippen LogP contribution in [0.1, 0.15) is 28.8 Å². The summed E-state index contributed by atoms with van der Waals surface area (Å²) in [5.41, 5.74) is 5.25. The molecule has 0 radical (unpaired) electrons. The number of para-hydroxylation sites is 1. The van der Waals surface area contributed by atoms with Gasteiger partial charge in [-0.3, -0.25) is 9.89 Å². The van der Waals surface area contributed by atoms with Gasteiger partial charge in [0.25, 0.3) is 5.91 Å². The van der Waals surface area contributed by atoms with Crippen molar-refractivity contribution in [3.8, 4) is 11.4 Å². The summed E-state index contributed by atoms with van der Waals surface area (Å²) in [5.74, 6) is 0.0530. The van der Waals surface area contributed by atoms with E-state index < -0.39 is 0 Å². The van der Waals surface area contributed by atoms with Crippen LogP contribution in [-0.4, -0.2) is 51.8 Å². The lowest BCUT2D eigenvalue weighted by Crippen LogP contribution is -2.36. The van der Waals surface area contributed by atoms with Crippen LogP contribution in [0.4, 0.5) is 15.9 Å². The number of rotatable bonds is 7. The molecule has 0 saturated carbocycles. The first-order chi connectivity index (χ1) is 19.0. The number of fused-ring (bicyclic) bond motifs is 1. The van der Waals surface area contributed by atoms with E-state index in [2.05, 4.69) is 55.5 Å². The Labute approximate surface area is 226 Å². The third-order valence-electron chi connectivity index (χ3n) is 7.39. The molecule has 1 aliphatic rings. The fraction of sp³-hybridized carbons (Fsp3) is 0.226. The summed E-state index contributed by atoms with van der Waals surface area (Å²) in [6, 6.07) is 26.6. The third-order valence-corrected chi connectivity index (χ3v) is 7.39. The van der Waals surface area contributed by atoms with Gasteiger partial charge in [-0.1, -0.05) is 30.3 Å². The van der Waals surface area contributed by atoms with Crippen LogP contribution in [0.15, 0.2) is 84.9 Å². The zero-order valence-electron chi connectivity index (χ0n) is 21.8. The van der Waals surface area contributed by atoms with Crippen molar-refractivity contribution >= 4 is 28.3 Å². The first-order valence-electron chi connectivity index (χ1n) is 13.3. The van der Waals surface area contributed by atoms with Crippen LogP contribution in [0.2, 0.25) is 0 Å². The molecule has 1 amide bonds. The van der Waals surface area contributed by atoms with E-state index in [9.17, 15) is 9.18 Å². The highest BCUT2D eigenvalue weighted by molar-refractivity contribution is 6.04.